The zero-order valence-corrected chi connectivity index (χ0v) is 10.6. The Bertz CT molecular complexity index is 610. The number of halogens is 1. The highest BCUT2D eigenvalue weighted by atomic mass is 19.1. The van der Waals surface area contributed by atoms with Gasteiger partial charge in [0.2, 0.25) is 0 Å². The van der Waals surface area contributed by atoms with Crippen molar-refractivity contribution in [3.8, 4) is 11.5 Å². The molecular formula is C14H13FO4. The number of esters is 1. The van der Waals surface area contributed by atoms with Gasteiger partial charge in [-0.3, -0.25) is 4.79 Å². The van der Waals surface area contributed by atoms with Crippen LogP contribution in [-0.4, -0.2) is 19.9 Å². The molecule has 0 bridgehead atoms. The molecule has 100 valence electrons. The molecule has 2 aromatic carbocycles. The minimum Gasteiger partial charge on any atom is -0.463 e. The highest BCUT2D eigenvalue weighted by molar-refractivity contribution is 5.92. The number of rotatable bonds is 4. The summed E-state index contributed by atoms with van der Waals surface area (Å²) < 4.78 is 29.1. The first-order chi connectivity index (χ1) is 9.13. The highest BCUT2D eigenvalue weighted by Gasteiger charge is 2.16. The van der Waals surface area contributed by atoms with Gasteiger partial charge in [-0.1, -0.05) is 24.3 Å². The van der Waals surface area contributed by atoms with E-state index in [2.05, 4.69) is 0 Å². The highest BCUT2D eigenvalue weighted by Crippen LogP contribution is 2.37. The lowest BCUT2D eigenvalue weighted by Crippen LogP contribution is -2.06. The summed E-state index contributed by atoms with van der Waals surface area (Å²) in [7, 11) is 1.47. The molecule has 0 aliphatic rings. The van der Waals surface area contributed by atoms with E-state index in [9.17, 15) is 9.18 Å². The van der Waals surface area contributed by atoms with Gasteiger partial charge in [-0.2, -0.15) is 0 Å². The maximum absolute atomic E-state index is 13.9. The van der Waals surface area contributed by atoms with E-state index in [0.717, 1.165) is 6.07 Å². The molecule has 0 radical (unpaired) electrons. The van der Waals surface area contributed by atoms with Gasteiger partial charge in [0.05, 0.1) is 0 Å². The Morgan fingerprint density at radius 1 is 1.26 bits per heavy atom. The SMILES string of the molecule is COCOc1c(OC(C)=O)cc(F)c2ccccc12. The molecule has 19 heavy (non-hydrogen) atoms. The van der Waals surface area contributed by atoms with E-state index in [1.807, 2.05) is 0 Å². The Labute approximate surface area is 109 Å². The van der Waals surface area contributed by atoms with Gasteiger partial charge < -0.3 is 14.2 Å². The number of carbonyl (C=O) groups is 1. The minimum absolute atomic E-state index is 0.0239. The van der Waals surface area contributed by atoms with E-state index < -0.39 is 11.8 Å². The van der Waals surface area contributed by atoms with Gasteiger partial charge in [0.1, 0.15) is 5.82 Å². The third kappa shape index (κ3) is 2.82. The second kappa shape index (κ2) is 5.67. The van der Waals surface area contributed by atoms with Crippen molar-refractivity contribution in [2.24, 2.45) is 0 Å². The van der Waals surface area contributed by atoms with E-state index in [-0.39, 0.29) is 18.3 Å². The molecular weight excluding hydrogens is 251 g/mol. The summed E-state index contributed by atoms with van der Waals surface area (Å²) in [6, 6.07) is 7.92. The Morgan fingerprint density at radius 2 is 1.95 bits per heavy atom. The summed E-state index contributed by atoms with van der Waals surface area (Å²) in [6.45, 7) is 1.22. The lowest BCUT2D eigenvalue weighted by Gasteiger charge is -2.13. The average Bonchev–Trinajstić information content (AvgIpc) is 2.38. The lowest BCUT2D eigenvalue weighted by molar-refractivity contribution is -0.132. The largest absolute Gasteiger partial charge is 0.463 e. The molecule has 0 heterocycles. The van der Waals surface area contributed by atoms with Gasteiger partial charge >= 0.3 is 5.97 Å². The van der Waals surface area contributed by atoms with Crippen LogP contribution in [0.2, 0.25) is 0 Å². The number of benzene rings is 2. The average molecular weight is 264 g/mol. The fourth-order valence-corrected chi connectivity index (χ4v) is 1.78. The van der Waals surface area contributed by atoms with Crippen molar-refractivity contribution >= 4 is 16.7 Å². The Balaban J connectivity index is 2.61. The number of hydrogen-bond acceptors (Lipinski definition) is 4. The van der Waals surface area contributed by atoms with E-state index in [1.165, 1.54) is 14.0 Å². The molecule has 0 fully saturated rings. The topological polar surface area (TPSA) is 44.8 Å². The molecule has 0 spiro atoms. The summed E-state index contributed by atoms with van der Waals surface area (Å²) in [5.74, 6) is -0.691. The second-order valence-electron chi connectivity index (χ2n) is 3.88. The van der Waals surface area contributed by atoms with Crippen molar-refractivity contribution in [3.05, 3.63) is 36.1 Å². The quantitative estimate of drug-likeness (QED) is 0.484. The van der Waals surface area contributed by atoms with Crippen LogP contribution in [0.15, 0.2) is 30.3 Å². The summed E-state index contributed by atoms with van der Waals surface area (Å²) in [5.41, 5.74) is 0. The second-order valence-corrected chi connectivity index (χ2v) is 3.88. The van der Waals surface area contributed by atoms with Crippen molar-refractivity contribution in [2.45, 2.75) is 6.92 Å². The standard InChI is InChI=1S/C14H13FO4/c1-9(16)19-13-7-12(15)10-5-3-4-6-11(10)14(13)18-8-17-2/h3-7H,8H2,1-2H3. The first-order valence-electron chi connectivity index (χ1n) is 5.65. The normalized spacial score (nSPS) is 10.5. The van der Waals surface area contributed by atoms with Crippen molar-refractivity contribution in [3.63, 3.8) is 0 Å². The third-order valence-electron chi connectivity index (χ3n) is 2.49. The Kier molecular flexibility index (Phi) is 3.97. The zero-order valence-electron chi connectivity index (χ0n) is 10.6. The van der Waals surface area contributed by atoms with Crippen LogP contribution in [0.1, 0.15) is 6.92 Å². The van der Waals surface area contributed by atoms with Crippen molar-refractivity contribution in [1.82, 2.24) is 0 Å². The minimum atomic E-state index is -0.544. The molecule has 0 aromatic heterocycles. The van der Waals surface area contributed by atoms with Crippen molar-refractivity contribution in [1.29, 1.82) is 0 Å². The number of hydrogen-bond donors (Lipinski definition) is 0. The van der Waals surface area contributed by atoms with Gasteiger partial charge in [0, 0.05) is 30.9 Å². The Hall–Kier alpha value is -2.14. The monoisotopic (exact) mass is 264 g/mol. The number of methoxy groups -OCH3 is 1. The van der Waals surface area contributed by atoms with Gasteiger partial charge in [-0.15, -0.1) is 0 Å². The summed E-state index contributed by atoms with van der Waals surface area (Å²) >= 11 is 0. The van der Waals surface area contributed by atoms with E-state index in [0.29, 0.717) is 10.8 Å². The molecule has 0 N–H and O–H groups in total. The fourth-order valence-electron chi connectivity index (χ4n) is 1.78. The van der Waals surface area contributed by atoms with Gasteiger partial charge in [-0.25, -0.2) is 4.39 Å². The molecule has 0 aliphatic heterocycles. The molecule has 5 heteroatoms. The first kappa shape index (κ1) is 13.3. The number of carbonyl (C=O) groups excluding carboxylic acids is 1. The van der Waals surface area contributed by atoms with E-state index in [1.54, 1.807) is 24.3 Å². The lowest BCUT2D eigenvalue weighted by atomic mass is 10.1. The van der Waals surface area contributed by atoms with Gasteiger partial charge in [-0.05, 0) is 0 Å². The van der Waals surface area contributed by atoms with E-state index in [4.69, 9.17) is 14.2 Å². The molecule has 0 aliphatic carbocycles. The maximum atomic E-state index is 13.9. The van der Waals surface area contributed by atoms with Crippen LogP contribution in [0.5, 0.6) is 11.5 Å². The number of ether oxygens (including phenoxy) is 3. The molecule has 0 amide bonds. The summed E-state index contributed by atoms with van der Waals surface area (Å²) in [5, 5.41) is 0.917. The van der Waals surface area contributed by atoms with Crippen LogP contribution in [0.4, 0.5) is 4.39 Å². The molecule has 0 saturated carbocycles. The number of fused-ring (bicyclic) bond motifs is 1. The van der Waals surface area contributed by atoms with E-state index >= 15 is 0 Å². The van der Waals surface area contributed by atoms with Crippen LogP contribution in [0, 0.1) is 5.82 Å². The molecule has 4 nitrogen and oxygen atoms in total. The molecule has 0 saturated heterocycles. The van der Waals surface area contributed by atoms with Crippen LogP contribution in [0.3, 0.4) is 0 Å². The van der Waals surface area contributed by atoms with Gasteiger partial charge in [0.15, 0.2) is 18.3 Å². The van der Waals surface area contributed by atoms with Crippen LogP contribution >= 0.6 is 0 Å². The third-order valence-corrected chi connectivity index (χ3v) is 2.49. The van der Waals surface area contributed by atoms with Crippen LogP contribution in [-0.2, 0) is 9.53 Å². The fraction of sp³-hybridized carbons (Fsp3) is 0.214. The first-order valence-corrected chi connectivity index (χ1v) is 5.65. The molecule has 2 rings (SSSR count). The maximum Gasteiger partial charge on any atom is 0.308 e. The van der Waals surface area contributed by atoms with Crippen LogP contribution in [0.25, 0.3) is 10.8 Å². The predicted octanol–water partition coefficient (Wildman–Crippen LogP) is 2.89. The molecule has 2 aromatic rings. The van der Waals surface area contributed by atoms with Crippen LogP contribution < -0.4 is 9.47 Å². The van der Waals surface area contributed by atoms with Gasteiger partial charge in [0.25, 0.3) is 0 Å². The van der Waals surface area contributed by atoms with Crippen molar-refractivity contribution < 1.29 is 23.4 Å². The predicted molar refractivity (Wildman–Crippen MR) is 67.7 cm³/mol. The molecule has 0 atom stereocenters. The molecule has 0 unspecified atom stereocenters. The Morgan fingerprint density at radius 3 is 2.58 bits per heavy atom. The van der Waals surface area contributed by atoms with Crippen molar-refractivity contribution in [2.75, 3.05) is 13.9 Å². The smallest absolute Gasteiger partial charge is 0.308 e. The summed E-state index contributed by atoms with van der Waals surface area (Å²) in [6.07, 6.45) is 0. The summed E-state index contributed by atoms with van der Waals surface area (Å²) in [4.78, 5) is 11.1. The zero-order chi connectivity index (χ0) is 13.8.